The summed E-state index contributed by atoms with van der Waals surface area (Å²) >= 11 is 0. The highest BCUT2D eigenvalue weighted by atomic mass is 32.2. The first-order valence-corrected chi connectivity index (χ1v) is 8.31. The minimum atomic E-state index is -3.02. The van der Waals surface area contributed by atoms with E-state index in [9.17, 15) is 13.2 Å². The SMILES string of the molecule is CCN(C(=O)c1cccnc1OC)C1CCS(=O)(=O)C1. The van der Waals surface area contributed by atoms with Gasteiger partial charge in [-0.2, -0.15) is 0 Å². The van der Waals surface area contributed by atoms with Crippen LogP contribution in [0.15, 0.2) is 18.3 Å². The molecule has 0 aliphatic carbocycles. The highest BCUT2D eigenvalue weighted by molar-refractivity contribution is 7.91. The van der Waals surface area contributed by atoms with Gasteiger partial charge in [0.1, 0.15) is 5.56 Å². The first kappa shape index (κ1) is 14.8. The molecule has 0 saturated carbocycles. The average Bonchev–Trinajstić information content (AvgIpc) is 2.79. The Morgan fingerprint density at radius 1 is 1.55 bits per heavy atom. The van der Waals surface area contributed by atoms with Gasteiger partial charge < -0.3 is 9.64 Å². The zero-order valence-electron chi connectivity index (χ0n) is 11.6. The van der Waals surface area contributed by atoms with E-state index >= 15 is 0 Å². The number of hydrogen-bond donors (Lipinski definition) is 0. The van der Waals surface area contributed by atoms with E-state index in [-0.39, 0.29) is 29.3 Å². The Balaban J connectivity index is 2.26. The molecule has 1 aromatic rings. The van der Waals surface area contributed by atoms with E-state index in [1.807, 2.05) is 6.92 Å². The molecule has 6 nitrogen and oxygen atoms in total. The van der Waals surface area contributed by atoms with Gasteiger partial charge in [0.05, 0.1) is 18.6 Å². The van der Waals surface area contributed by atoms with E-state index in [0.29, 0.717) is 18.5 Å². The number of rotatable bonds is 4. The van der Waals surface area contributed by atoms with Crippen molar-refractivity contribution < 1.29 is 17.9 Å². The largest absolute Gasteiger partial charge is 0.480 e. The highest BCUT2D eigenvalue weighted by Gasteiger charge is 2.35. The Labute approximate surface area is 118 Å². The molecular weight excluding hydrogens is 280 g/mol. The second-order valence-corrected chi connectivity index (χ2v) is 6.94. The molecule has 0 spiro atoms. The first-order valence-electron chi connectivity index (χ1n) is 6.49. The summed E-state index contributed by atoms with van der Waals surface area (Å²) in [6.45, 7) is 2.29. The van der Waals surface area contributed by atoms with E-state index in [4.69, 9.17) is 4.74 Å². The summed E-state index contributed by atoms with van der Waals surface area (Å²) in [5, 5.41) is 0. The monoisotopic (exact) mass is 298 g/mol. The molecule has 1 fully saturated rings. The van der Waals surface area contributed by atoms with Crippen LogP contribution < -0.4 is 4.74 Å². The van der Waals surface area contributed by atoms with Gasteiger partial charge in [0.25, 0.3) is 5.91 Å². The number of aromatic nitrogens is 1. The van der Waals surface area contributed by atoms with Gasteiger partial charge in [-0.25, -0.2) is 13.4 Å². The number of amides is 1. The number of pyridine rings is 1. The lowest BCUT2D eigenvalue weighted by Crippen LogP contribution is -2.41. The number of hydrogen-bond acceptors (Lipinski definition) is 5. The average molecular weight is 298 g/mol. The molecule has 2 rings (SSSR count). The third-order valence-electron chi connectivity index (χ3n) is 3.45. The molecule has 110 valence electrons. The summed E-state index contributed by atoms with van der Waals surface area (Å²) in [6, 6.07) is 3.04. The number of carbonyl (C=O) groups is 1. The van der Waals surface area contributed by atoms with Crippen molar-refractivity contribution in [3.63, 3.8) is 0 Å². The van der Waals surface area contributed by atoms with Crippen LogP contribution in [0, 0.1) is 0 Å². The molecule has 0 N–H and O–H groups in total. The van der Waals surface area contributed by atoms with Crippen molar-refractivity contribution >= 4 is 15.7 Å². The van der Waals surface area contributed by atoms with Crippen LogP contribution in [0.4, 0.5) is 0 Å². The fraction of sp³-hybridized carbons (Fsp3) is 0.538. The molecule has 0 bridgehead atoms. The number of carbonyl (C=O) groups excluding carboxylic acids is 1. The molecule has 1 amide bonds. The standard InChI is InChI=1S/C13H18N2O4S/c1-3-15(10-6-8-20(17,18)9-10)13(16)11-5-4-7-14-12(11)19-2/h4-5,7,10H,3,6,8-9H2,1-2H3. The predicted molar refractivity (Wildman–Crippen MR) is 74.6 cm³/mol. The molecule has 1 unspecified atom stereocenters. The second kappa shape index (κ2) is 5.78. The Morgan fingerprint density at radius 2 is 2.30 bits per heavy atom. The van der Waals surface area contributed by atoms with Crippen molar-refractivity contribution in [2.45, 2.75) is 19.4 Å². The molecule has 1 saturated heterocycles. The summed E-state index contributed by atoms with van der Waals surface area (Å²) in [6.07, 6.45) is 2.04. The Kier molecular flexibility index (Phi) is 4.27. The Morgan fingerprint density at radius 3 is 2.85 bits per heavy atom. The fourth-order valence-electron chi connectivity index (χ4n) is 2.46. The summed E-state index contributed by atoms with van der Waals surface area (Å²) in [5.74, 6) is 0.206. The fourth-order valence-corrected chi connectivity index (χ4v) is 4.19. The maximum absolute atomic E-state index is 12.6. The van der Waals surface area contributed by atoms with Crippen molar-refractivity contribution in [2.75, 3.05) is 25.2 Å². The van der Waals surface area contributed by atoms with Gasteiger partial charge in [-0.1, -0.05) is 0 Å². The molecule has 0 radical (unpaired) electrons. The number of sulfone groups is 1. The molecule has 7 heteroatoms. The van der Waals surface area contributed by atoms with Crippen molar-refractivity contribution in [1.82, 2.24) is 9.88 Å². The summed E-state index contributed by atoms with van der Waals surface area (Å²) in [4.78, 5) is 18.2. The van der Waals surface area contributed by atoms with Crippen LogP contribution in [0.1, 0.15) is 23.7 Å². The van der Waals surface area contributed by atoms with E-state index in [2.05, 4.69) is 4.98 Å². The van der Waals surface area contributed by atoms with Crippen LogP contribution in [0.2, 0.25) is 0 Å². The minimum absolute atomic E-state index is 0.0369. The molecule has 2 heterocycles. The van der Waals surface area contributed by atoms with Gasteiger partial charge >= 0.3 is 0 Å². The molecule has 20 heavy (non-hydrogen) atoms. The molecule has 1 aliphatic rings. The summed E-state index contributed by atoms with van der Waals surface area (Å²) < 4.78 is 28.2. The van der Waals surface area contributed by atoms with Crippen LogP contribution in [0.25, 0.3) is 0 Å². The van der Waals surface area contributed by atoms with Crippen LogP contribution >= 0.6 is 0 Å². The van der Waals surface area contributed by atoms with Crippen molar-refractivity contribution in [2.24, 2.45) is 0 Å². The van der Waals surface area contributed by atoms with E-state index in [1.54, 1.807) is 23.2 Å². The van der Waals surface area contributed by atoms with Gasteiger partial charge in [0.15, 0.2) is 9.84 Å². The van der Waals surface area contributed by atoms with Crippen LogP contribution in [-0.4, -0.2) is 55.4 Å². The lowest BCUT2D eigenvalue weighted by molar-refractivity contribution is 0.0704. The van der Waals surface area contributed by atoms with Gasteiger partial charge in [0.2, 0.25) is 5.88 Å². The molecule has 1 atom stereocenters. The summed E-state index contributed by atoms with van der Waals surface area (Å²) in [5.41, 5.74) is 0.362. The number of nitrogens with zero attached hydrogens (tertiary/aromatic N) is 2. The van der Waals surface area contributed by atoms with Gasteiger partial charge in [0, 0.05) is 18.8 Å². The maximum atomic E-state index is 12.6. The van der Waals surface area contributed by atoms with E-state index in [1.165, 1.54) is 7.11 Å². The maximum Gasteiger partial charge on any atom is 0.259 e. The molecular formula is C13H18N2O4S. The van der Waals surface area contributed by atoms with Gasteiger partial charge in [-0.05, 0) is 25.5 Å². The third kappa shape index (κ3) is 2.92. The third-order valence-corrected chi connectivity index (χ3v) is 5.20. The van der Waals surface area contributed by atoms with Crippen LogP contribution in [-0.2, 0) is 9.84 Å². The first-order chi connectivity index (χ1) is 9.48. The zero-order chi connectivity index (χ0) is 14.8. The minimum Gasteiger partial charge on any atom is -0.480 e. The summed E-state index contributed by atoms with van der Waals surface area (Å²) in [7, 11) is -1.57. The highest BCUT2D eigenvalue weighted by Crippen LogP contribution is 2.22. The zero-order valence-corrected chi connectivity index (χ0v) is 12.4. The smallest absolute Gasteiger partial charge is 0.259 e. The topological polar surface area (TPSA) is 76.6 Å². The van der Waals surface area contributed by atoms with E-state index in [0.717, 1.165) is 0 Å². The normalized spacial score (nSPS) is 20.6. The van der Waals surface area contributed by atoms with Crippen LogP contribution in [0.5, 0.6) is 5.88 Å². The van der Waals surface area contributed by atoms with E-state index < -0.39 is 9.84 Å². The van der Waals surface area contributed by atoms with Gasteiger partial charge in [-0.3, -0.25) is 4.79 Å². The van der Waals surface area contributed by atoms with Crippen molar-refractivity contribution in [3.05, 3.63) is 23.9 Å². The Bertz CT molecular complexity index is 600. The molecule has 1 aromatic heterocycles. The quantitative estimate of drug-likeness (QED) is 0.819. The molecule has 1 aliphatic heterocycles. The van der Waals surface area contributed by atoms with Gasteiger partial charge in [-0.15, -0.1) is 0 Å². The Hall–Kier alpha value is -1.63. The lowest BCUT2D eigenvalue weighted by Gasteiger charge is -2.27. The van der Waals surface area contributed by atoms with Crippen molar-refractivity contribution in [3.8, 4) is 5.88 Å². The molecule has 0 aromatic carbocycles. The van der Waals surface area contributed by atoms with Crippen LogP contribution in [0.3, 0.4) is 0 Å². The predicted octanol–water partition coefficient (Wildman–Crippen LogP) is 0.739. The number of ether oxygens (including phenoxy) is 1. The second-order valence-electron chi connectivity index (χ2n) is 4.71. The van der Waals surface area contributed by atoms with Crippen molar-refractivity contribution in [1.29, 1.82) is 0 Å². The number of methoxy groups -OCH3 is 1. The lowest BCUT2D eigenvalue weighted by atomic mass is 10.1.